The van der Waals surface area contributed by atoms with Gasteiger partial charge < -0.3 is 194 Å². The Bertz CT molecular complexity index is 2350. The van der Waals surface area contributed by atoms with Crippen LogP contribution in [0.5, 0.6) is 0 Å². The quantitative estimate of drug-likeness (QED) is 0.0479. The van der Waals surface area contributed by atoms with E-state index in [1.54, 1.807) is 0 Å². The van der Waals surface area contributed by atoms with Gasteiger partial charge in [-0.3, -0.25) is 9.59 Å². The minimum Gasteiger partial charge on any atom is -0.394 e. The zero-order chi connectivity index (χ0) is 68.5. The largest absolute Gasteiger partial charge is 0.394 e. The lowest BCUT2D eigenvalue weighted by molar-refractivity contribution is -0.393. The molecule has 24 N–H and O–H groups in total. The van der Waals surface area contributed by atoms with E-state index >= 15 is 0 Å². The van der Waals surface area contributed by atoms with Gasteiger partial charge in [-0.2, -0.15) is 0 Å². The van der Waals surface area contributed by atoms with E-state index in [-0.39, 0.29) is 0 Å². The standard InChI is InChI=1S/C52H88N2O39/c1-11-23(62)29(68)35(74)48(80-11)91-42-22(54-14(4)61)46(85-19(9-59)41(42)90-50-37(76)31(70)25(64)15(5-55)83-50)79-10-20-27(66)43(38(77)51(87-20)88-40-17(7-57)82-45(78)34(73)33(40)72)92-47-21(53-13(3)60)28(67)39(18(8-58)86-47)89-52-44(32(71)26(65)16(6-56)84-52)93-49-36(75)30(69)24(63)12(2)81-49/h11-12,15-52,55-59,62-78H,5-10H2,1-4H3,(H,53,60)(H,54,61)/t11-,12-,15+,16+,17+,18+,19+,20+,21+,22+,23+,24+,25-,26-,27+,28+,29+,30+,31-,32-,33+,34+,35-,36-,37+,38+,39+,40+,41+,42+,43-,44+,45?,46+,47-,48-,49-,50-,51-,52-/m0/s1. The molecule has 8 fully saturated rings. The van der Waals surface area contributed by atoms with Crippen molar-refractivity contribution in [1.29, 1.82) is 0 Å². The van der Waals surface area contributed by atoms with Crippen LogP contribution in [0.25, 0.3) is 0 Å². The maximum atomic E-state index is 13.2. The highest BCUT2D eigenvalue weighted by Gasteiger charge is 2.60. The highest BCUT2D eigenvalue weighted by atomic mass is 16.8. The molecular weight excluding hydrogens is 1280 g/mol. The minimum absolute atomic E-state index is 0.903. The summed E-state index contributed by atoms with van der Waals surface area (Å²) in [5.41, 5.74) is 0. The van der Waals surface area contributed by atoms with Crippen molar-refractivity contribution in [3.63, 3.8) is 0 Å². The molecule has 0 bridgehead atoms. The molecule has 8 heterocycles. The van der Waals surface area contributed by atoms with Crippen molar-refractivity contribution < 1.29 is 193 Å². The third-order valence-electron chi connectivity index (χ3n) is 17.4. The molecule has 0 aliphatic carbocycles. The summed E-state index contributed by atoms with van der Waals surface area (Å²) >= 11 is 0. The fourth-order valence-electron chi connectivity index (χ4n) is 12.1. The number of ether oxygens (including phenoxy) is 15. The maximum absolute atomic E-state index is 13.2. The van der Waals surface area contributed by atoms with E-state index in [0.717, 1.165) is 13.8 Å². The molecule has 8 aliphatic heterocycles. The van der Waals surface area contributed by atoms with Gasteiger partial charge in [-0.15, -0.1) is 0 Å². The number of rotatable bonds is 22. The lowest BCUT2D eigenvalue weighted by Gasteiger charge is -2.51. The van der Waals surface area contributed by atoms with Crippen molar-refractivity contribution in [2.75, 3.05) is 39.6 Å². The normalized spacial score (nSPS) is 51.6. The van der Waals surface area contributed by atoms with E-state index in [4.69, 9.17) is 71.1 Å². The number of carbonyl (C=O) groups excluding carboxylic acids is 2. The Morgan fingerprint density at radius 2 is 0.667 bits per heavy atom. The van der Waals surface area contributed by atoms with Crippen LogP contribution < -0.4 is 10.6 Å². The van der Waals surface area contributed by atoms with Crippen molar-refractivity contribution in [1.82, 2.24) is 10.6 Å². The van der Waals surface area contributed by atoms with Crippen LogP contribution in [-0.2, 0) is 80.6 Å². The summed E-state index contributed by atoms with van der Waals surface area (Å²) in [6.45, 7) is -1.76. The van der Waals surface area contributed by atoms with E-state index in [1.807, 2.05) is 0 Å². The smallest absolute Gasteiger partial charge is 0.217 e. The average Bonchev–Trinajstić information content (AvgIpc) is 0.790. The van der Waals surface area contributed by atoms with Gasteiger partial charge in [0, 0.05) is 13.8 Å². The number of hydrogen-bond acceptors (Lipinski definition) is 39. The number of aliphatic hydroxyl groups excluding tert-OH is 22. The third-order valence-corrected chi connectivity index (χ3v) is 17.4. The van der Waals surface area contributed by atoms with Crippen LogP contribution in [-0.4, -0.2) is 409 Å². The first-order valence-electron chi connectivity index (χ1n) is 29.9. The summed E-state index contributed by atoms with van der Waals surface area (Å²) in [7, 11) is 0. The second-order valence-electron chi connectivity index (χ2n) is 23.9. The zero-order valence-corrected chi connectivity index (χ0v) is 50.1. The Morgan fingerprint density at radius 1 is 0.301 bits per heavy atom. The predicted molar refractivity (Wildman–Crippen MR) is 285 cm³/mol. The molecule has 0 aromatic heterocycles. The highest BCUT2D eigenvalue weighted by Crippen LogP contribution is 2.39. The maximum Gasteiger partial charge on any atom is 0.217 e. The van der Waals surface area contributed by atoms with Gasteiger partial charge >= 0.3 is 0 Å². The molecule has 40 atom stereocenters. The average molecular weight is 1370 g/mol. The molecule has 0 spiro atoms. The molecule has 1 unspecified atom stereocenters. The molecule has 0 saturated carbocycles. The van der Waals surface area contributed by atoms with E-state index in [9.17, 15) is 122 Å². The van der Waals surface area contributed by atoms with Crippen molar-refractivity contribution in [2.24, 2.45) is 0 Å². The van der Waals surface area contributed by atoms with E-state index in [1.165, 1.54) is 13.8 Å². The van der Waals surface area contributed by atoms with Gasteiger partial charge in [-0.1, -0.05) is 0 Å². The first-order chi connectivity index (χ1) is 43.9. The van der Waals surface area contributed by atoms with Gasteiger partial charge in [-0.05, 0) is 13.8 Å². The summed E-state index contributed by atoms with van der Waals surface area (Å²) in [6, 6.07) is -3.77. The van der Waals surface area contributed by atoms with E-state index in [0.29, 0.717) is 0 Å². The minimum atomic E-state index is -2.38. The highest BCUT2D eigenvalue weighted by molar-refractivity contribution is 5.73. The summed E-state index contributed by atoms with van der Waals surface area (Å²) < 4.78 is 88.2. The van der Waals surface area contributed by atoms with E-state index < -0.39 is 297 Å². The van der Waals surface area contributed by atoms with Crippen LogP contribution in [0.1, 0.15) is 27.7 Å². The number of amides is 2. The Labute approximate surface area is 527 Å². The molecule has 8 aliphatic rings. The Balaban J connectivity index is 1.11. The van der Waals surface area contributed by atoms with Crippen molar-refractivity contribution in [3.8, 4) is 0 Å². The second-order valence-corrected chi connectivity index (χ2v) is 23.9. The van der Waals surface area contributed by atoms with Gasteiger partial charge in [0.05, 0.1) is 51.8 Å². The van der Waals surface area contributed by atoms with Crippen LogP contribution in [0.2, 0.25) is 0 Å². The number of carbonyl (C=O) groups is 2. The first kappa shape index (κ1) is 76.2. The molecule has 2 amide bonds. The molecule has 93 heavy (non-hydrogen) atoms. The van der Waals surface area contributed by atoms with Crippen LogP contribution in [0.15, 0.2) is 0 Å². The van der Waals surface area contributed by atoms with Crippen molar-refractivity contribution in [2.45, 2.75) is 273 Å². The van der Waals surface area contributed by atoms with Gasteiger partial charge in [0.1, 0.15) is 183 Å². The lowest BCUT2D eigenvalue weighted by atomic mass is 9.94. The molecule has 8 saturated heterocycles. The Kier molecular flexibility index (Phi) is 26.7. The van der Waals surface area contributed by atoms with Gasteiger partial charge in [0.15, 0.2) is 50.3 Å². The molecule has 41 nitrogen and oxygen atoms in total. The first-order valence-corrected chi connectivity index (χ1v) is 29.9. The predicted octanol–water partition coefficient (Wildman–Crippen LogP) is -16.1. The summed E-state index contributed by atoms with van der Waals surface area (Å²) in [5.74, 6) is -1.84. The van der Waals surface area contributed by atoms with Gasteiger partial charge in [-0.25, -0.2) is 0 Å². The number of aliphatic hydroxyl groups is 22. The molecule has 0 aromatic rings. The molecule has 0 aromatic carbocycles. The zero-order valence-electron chi connectivity index (χ0n) is 50.1. The summed E-state index contributed by atoms with van der Waals surface area (Å²) in [5, 5.41) is 244. The van der Waals surface area contributed by atoms with Crippen LogP contribution in [0, 0.1) is 0 Å². The fraction of sp³-hybridized carbons (Fsp3) is 0.962. The second kappa shape index (κ2) is 32.6. The van der Waals surface area contributed by atoms with Gasteiger partial charge in [0.2, 0.25) is 11.8 Å². The molecular formula is C52H88N2O39. The summed E-state index contributed by atoms with van der Waals surface area (Å²) in [6.07, 6.45) is -74.0. The van der Waals surface area contributed by atoms with Crippen LogP contribution in [0.3, 0.4) is 0 Å². The Morgan fingerprint density at radius 3 is 1.20 bits per heavy atom. The van der Waals surface area contributed by atoms with Gasteiger partial charge in [0.25, 0.3) is 0 Å². The third kappa shape index (κ3) is 16.4. The fourth-order valence-corrected chi connectivity index (χ4v) is 12.1. The van der Waals surface area contributed by atoms with Crippen LogP contribution in [0.4, 0.5) is 0 Å². The summed E-state index contributed by atoms with van der Waals surface area (Å²) in [4.78, 5) is 26.2. The topological polar surface area (TPSA) is 642 Å². The number of nitrogens with one attached hydrogen (secondary N) is 2. The Hall–Kier alpha value is -2.54. The lowest BCUT2D eigenvalue weighted by Crippen LogP contribution is -2.70. The molecule has 8 rings (SSSR count). The van der Waals surface area contributed by atoms with Crippen molar-refractivity contribution >= 4 is 11.8 Å². The number of hydrogen-bond donors (Lipinski definition) is 24. The molecule has 540 valence electrons. The van der Waals surface area contributed by atoms with Crippen LogP contribution >= 0.6 is 0 Å². The monoisotopic (exact) mass is 1360 g/mol. The molecule has 0 radical (unpaired) electrons. The SMILES string of the molecule is CC(=O)N[C@H]1[C@H](O[C@@H]2[C@@H](O)[C@H](O[C@H]3[C@H](O)[C@@H](O)C(O)O[C@@H]3CO)O[C@H](CO[C@@H]3O[C@H](CO)[C@@H](O[C@@H]4O[C@H](CO)[C@H](O)[C@H](O)[C@H]4O)[C@H](O[C@@H]4O[C@@H](C)[C@@H](O)[C@@H](O)[C@@H]4O)[C@H]3NC(C)=O)[C@H]2O)O[C@H](CO)[C@@H](O[C@@H]2O[C@H](CO)[C@H](O)[C@H](O)[C@H]2O[C@@H]2O[C@@H](C)[C@@H](O)[C@@H](O)[C@@H]2O)[C@@H]1O. The van der Waals surface area contributed by atoms with E-state index in [2.05, 4.69) is 10.6 Å². The van der Waals surface area contributed by atoms with Crippen molar-refractivity contribution in [3.05, 3.63) is 0 Å². The molecule has 41 heteroatoms.